The summed E-state index contributed by atoms with van der Waals surface area (Å²) >= 11 is 2.71. The first-order chi connectivity index (χ1) is 8.75. The molecule has 1 N–H and O–H groups in total. The van der Waals surface area contributed by atoms with Crippen LogP contribution >= 0.6 is 23.9 Å². The molecule has 2 aliphatic rings. The maximum absolute atomic E-state index is 4.46. The van der Waals surface area contributed by atoms with Gasteiger partial charge in [0.2, 0.25) is 0 Å². The standard InChI is InChI=1S/C12H10N4S2/c1-5-3-7-8(11-9(5)13-17-15-11)4-6(2)10-12(7)16-18-14-10/h3-4,11,15H,1-2H3. The fourth-order valence-electron chi connectivity index (χ4n) is 2.57. The molecule has 2 heterocycles. The van der Waals surface area contributed by atoms with Gasteiger partial charge in [-0.25, -0.2) is 9.12 Å². The van der Waals surface area contributed by atoms with Gasteiger partial charge in [0.15, 0.2) is 0 Å². The Bertz CT molecular complexity index is 729. The normalized spacial score (nSPS) is 21.6. The molecule has 18 heavy (non-hydrogen) atoms. The van der Waals surface area contributed by atoms with Crippen LogP contribution in [0.4, 0.5) is 0 Å². The van der Waals surface area contributed by atoms with Crippen molar-refractivity contribution in [3.05, 3.63) is 28.3 Å². The fraction of sp³-hybridized carbons (Fsp3) is 0.250. The van der Waals surface area contributed by atoms with Crippen LogP contribution in [-0.2, 0) is 0 Å². The Hall–Kier alpha value is -1.24. The average molecular weight is 274 g/mol. The molecule has 4 nitrogen and oxygen atoms in total. The van der Waals surface area contributed by atoms with Gasteiger partial charge in [-0.05, 0) is 36.6 Å². The number of hydrogen-bond donors (Lipinski definition) is 1. The van der Waals surface area contributed by atoms with E-state index in [4.69, 9.17) is 0 Å². The zero-order valence-corrected chi connectivity index (χ0v) is 11.5. The quantitative estimate of drug-likeness (QED) is 0.750. The van der Waals surface area contributed by atoms with Crippen molar-refractivity contribution in [1.29, 1.82) is 0 Å². The van der Waals surface area contributed by atoms with E-state index in [0.29, 0.717) is 0 Å². The van der Waals surface area contributed by atoms with Gasteiger partial charge in [0, 0.05) is 5.56 Å². The van der Waals surface area contributed by atoms with Crippen LogP contribution in [-0.4, -0.2) is 14.5 Å². The van der Waals surface area contributed by atoms with E-state index < -0.39 is 0 Å². The van der Waals surface area contributed by atoms with Crippen LogP contribution in [0.2, 0.25) is 0 Å². The average Bonchev–Trinajstić information content (AvgIpc) is 2.98. The van der Waals surface area contributed by atoms with Crippen molar-refractivity contribution in [2.75, 3.05) is 0 Å². The van der Waals surface area contributed by atoms with Gasteiger partial charge in [0.05, 0.1) is 35.6 Å². The van der Waals surface area contributed by atoms with Crippen molar-refractivity contribution in [1.82, 2.24) is 13.5 Å². The SMILES string of the molecule is CC1=Cc2c(cc(C)c3nsnc23)C2NSN=C12. The maximum atomic E-state index is 4.46. The highest BCUT2D eigenvalue weighted by atomic mass is 32.2. The van der Waals surface area contributed by atoms with E-state index in [2.05, 4.69) is 43.9 Å². The Morgan fingerprint density at radius 2 is 2.06 bits per heavy atom. The number of rotatable bonds is 0. The monoisotopic (exact) mass is 274 g/mol. The van der Waals surface area contributed by atoms with E-state index in [0.717, 1.165) is 16.7 Å². The number of aryl methyl sites for hydroxylation is 1. The number of benzene rings is 1. The molecule has 0 bridgehead atoms. The predicted octanol–water partition coefficient (Wildman–Crippen LogP) is 3.07. The minimum absolute atomic E-state index is 0.194. The molecule has 0 saturated carbocycles. The minimum atomic E-state index is 0.194. The molecule has 0 amide bonds. The molecular weight excluding hydrogens is 264 g/mol. The van der Waals surface area contributed by atoms with Crippen molar-refractivity contribution in [3.63, 3.8) is 0 Å². The van der Waals surface area contributed by atoms with Crippen LogP contribution in [0.5, 0.6) is 0 Å². The van der Waals surface area contributed by atoms with E-state index in [1.807, 2.05) is 0 Å². The Balaban J connectivity index is 2.11. The molecule has 0 radical (unpaired) electrons. The largest absolute Gasteiger partial charge is 0.231 e. The van der Waals surface area contributed by atoms with Gasteiger partial charge in [-0.1, -0.05) is 6.07 Å². The van der Waals surface area contributed by atoms with E-state index in [1.165, 1.54) is 46.1 Å². The van der Waals surface area contributed by atoms with Gasteiger partial charge in [-0.15, -0.1) is 0 Å². The first kappa shape index (κ1) is 10.7. The second-order valence-corrected chi connectivity index (χ2v) is 5.73. The van der Waals surface area contributed by atoms with E-state index in [9.17, 15) is 0 Å². The zero-order valence-electron chi connectivity index (χ0n) is 9.89. The molecule has 2 aromatic rings. The molecule has 6 heteroatoms. The summed E-state index contributed by atoms with van der Waals surface area (Å²) in [6.45, 7) is 4.20. The zero-order chi connectivity index (χ0) is 12.3. The Morgan fingerprint density at radius 3 is 2.94 bits per heavy atom. The minimum Gasteiger partial charge on any atom is -0.231 e. The van der Waals surface area contributed by atoms with Gasteiger partial charge in [0.1, 0.15) is 11.0 Å². The van der Waals surface area contributed by atoms with Crippen LogP contribution < -0.4 is 4.72 Å². The van der Waals surface area contributed by atoms with E-state index >= 15 is 0 Å². The molecule has 1 aromatic heterocycles. The summed E-state index contributed by atoms with van der Waals surface area (Å²) in [5, 5.41) is 0. The first-order valence-corrected chi connectivity index (χ1v) is 7.20. The summed E-state index contributed by atoms with van der Waals surface area (Å²) < 4.78 is 16.6. The van der Waals surface area contributed by atoms with Gasteiger partial charge < -0.3 is 0 Å². The lowest BCUT2D eigenvalue weighted by Crippen LogP contribution is -2.23. The van der Waals surface area contributed by atoms with Gasteiger partial charge in [0.25, 0.3) is 0 Å². The number of aromatic nitrogens is 2. The topological polar surface area (TPSA) is 50.2 Å². The second kappa shape index (κ2) is 3.63. The summed E-state index contributed by atoms with van der Waals surface area (Å²) in [5.41, 5.74) is 8.03. The van der Waals surface area contributed by atoms with Crippen LogP contribution in [0, 0.1) is 6.92 Å². The van der Waals surface area contributed by atoms with Crippen LogP contribution in [0.3, 0.4) is 0 Å². The molecule has 1 aromatic carbocycles. The smallest absolute Gasteiger partial charge is 0.112 e. The lowest BCUT2D eigenvalue weighted by molar-refractivity contribution is 0.892. The summed E-state index contributed by atoms with van der Waals surface area (Å²) in [7, 11) is 0. The van der Waals surface area contributed by atoms with Crippen LogP contribution in [0.1, 0.15) is 29.7 Å². The summed E-state index contributed by atoms with van der Waals surface area (Å²) in [5.74, 6) is 0. The number of nitrogens with zero attached hydrogens (tertiary/aromatic N) is 3. The molecule has 1 aliphatic carbocycles. The Labute approximate surface area is 113 Å². The van der Waals surface area contributed by atoms with Crippen LogP contribution in [0.15, 0.2) is 16.0 Å². The number of hydrogen-bond acceptors (Lipinski definition) is 6. The third kappa shape index (κ3) is 1.28. The van der Waals surface area contributed by atoms with Crippen molar-refractivity contribution in [2.24, 2.45) is 4.40 Å². The third-order valence-electron chi connectivity index (χ3n) is 3.46. The highest BCUT2D eigenvalue weighted by Gasteiger charge is 2.31. The molecule has 1 aliphatic heterocycles. The van der Waals surface area contributed by atoms with Crippen molar-refractivity contribution >= 4 is 46.7 Å². The fourth-order valence-corrected chi connectivity index (χ4v) is 3.93. The summed E-state index contributed by atoms with van der Waals surface area (Å²) in [6, 6.07) is 2.40. The summed E-state index contributed by atoms with van der Waals surface area (Å²) in [6.07, 6.45) is 2.18. The van der Waals surface area contributed by atoms with Gasteiger partial charge in [-0.2, -0.15) is 8.75 Å². The lowest BCUT2D eigenvalue weighted by Gasteiger charge is -2.22. The van der Waals surface area contributed by atoms with Crippen molar-refractivity contribution in [2.45, 2.75) is 19.9 Å². The first-order valence-electron chi connectivity index (χ1n) is 5.69. The molecule has 0 saturated heterocycles. The molecule has 1 atom stereocenters. The molecule has 0 spiro atoms. The summed E-state index contributed by atoms with van der Waals surface area (Å²) in [4.78, 5) is 0. The van der Waals surface area contributed by atoms with E-state index in [1.54, 1.807) is 0 Å². The number of nitrogens with one attached hydrogen (secondary N) is 1. The van der Waals surface area contributed by atoms with Crippen LogP contribution in [0.25, 0.3) is 17.1 Å². The highest BCUT2D eigenvalue weighted by molar-refractivity contribution is 7.96. The van der Waals surface area contributed by atoms with Gasteiger partial charge >= 0.3 is 0 Å². The Morgan fingerprint density at radius 1 is 1.22 bits per heavy atom. The lowest BCUT2D eigenvalue weighted by atomic mass is 9.86. The third-order valence-corrected chi connectivity index (χ3v) is 4.62. The maximum Gasteiger partial charge on any atom is 0.112 e. The second-order valence-electron chi connectivity index (χ2n) is 4.60. The molecule has 4 rings (SSSR count). The van der Waals surface area contributed by atoms with Crippen molar-refractivity contribution in [3.8, 4) is 0 Å². The van der Waals surface area contributed by atoms with Gasteiger partial charge in [-0.3, -0.25) is 0 Å². The molecule has 1 unspecified atom stereocenters. The van der Waals surface area contributed by atoms with Crippen molar-refractivity contribution < 1.29 is 0 Å². The molecule has 0 fully saturated rings. The predicted molar refractivity (Wildman–Crippen MR) is 76.7 cm³/mol. The number of fused-ring (bicyclic) bond motifs is 5. The highest BCUT2D eigenvalue weighted by Crippen LogP contribution is 2.39. The Kier molecular flexibility index (Phi) is 2.15. The van der Waals surface area contributed by atoms with E-state index in [-0.39, 0.29) is 6.04 Å². The molecular formula is C12H10N4S2. The molecule has 90 valence electrons.